The Hall–Kier alpha value is -8.31. The van der Waals surface area contributed by atoms with E-state index in [0.29, 0.717) is 58.2 Å². The van der Waals surface area contributed by atoms with Gasteiger partial charge in [-0.05, 0) is 136 Å². The summed E-state index contributed by atoms with van der Waals surface area (Å²) in [6, 6.07) is 43.7. The molecule has 0 aliphatic rings. The quantitative estimate of drug-likeness (QED) is 0.0629. The molecule has 0 fully saturated rings. The van der Waals surface area contributed by atoms with E-state index in [-0.39, 0.29) is 74.6 Å². The molecular formula is C78H68BrCl3O12S6. The van der Waals surface area contributed by atoms with Crippen molar-refractivity contribution < 1.29 is 59.4 Å². The Morgan fingerprint density at radius 2 is 0.540 bits per heavy atom. The molecule has 12 aromatic rings. The maximum Gasteiger partial charge on any atom is 0.164 e. The summed E-state index contributed by atoms with van der Waals surface area (Å²) in [4.78, 5) is 71.7. The van der Waals surface area contributed by atoms with Gasteiger partial charge in [-0.25, -0.2) is 0 Å². The largest absolute Gasteiger partial charge is 0.506 e. The minimum atomic E-state index is -0.162. The highest BCUT2D eigenvalue weighted by Gasteiger charge is 2.22. The fraction of sp³-hybridized carbons (Fsp3) is 0.154. The number of aromatic hydroxyl groups is 6. The first-order chi connectivity index (χ1) is 47.2. The van der Waals surface area contributed by atoms with E-state index in [0.717, 1.165) is 57.4 Å². The van der Waals surface area contributed by atoms with Crippen LogP contribution in [0.5, 0.6) is 34.5 Å². The number of ketones is 6. The lowest BCUT2D eigenvalue weighted by Gasteiger charge is -2.19. The second-order valence-electron chi connectivity index (χ2n) is 23.5. The van der Waals surface area contributed by atoms with Crippen molar-refractivity contribution in [2.75, 3.05) is 0 Å². The highest BCUT2D eigenvalue weighted by molar-refractivity contribution is 9.10. The van der Waals surface area contributed by atoms with Gasteiger partial charge in [0, 0.05) is 41.8 Å². The highest BCUT2D eigenvalue weighted by Crippen LogP contribution is 2.45. The van der Waals surface area contributed by atoms with Gasteiger partial charge in [-0.2, -0.15) is 0 Å². The summed E-state index contributed by atoms with van der Waals surface area (Å²) >= 11 is 29.1. The van der Waals surface area contributed by atoms with Gasteiger partial charge >= 0.3 is 0 Å². The molecule has 0 saturated carbocycles. The van der Waals surface area contributed by atoms with Crippen LogP contribution in [0.3, 0.4) is 0 Å². The van der Waals surface area contributed by atoms with Gasteiger partial charge in [-0.1, -0.05) is 186 Å². The summed E-state index contributed by atoms with van der Waals surface area (Å²) in [6.45, 7) is 19.2. The van der Waals surface area contributed by atoms with E-state index in [9.17, 15) is 59.4 Å². The maximum atomic E-state index is 11.3. The molecule has 0 aliphatic carbocycles. The van der Waals surface area contributed by atoms with Gasteiger partial charge in [0.1, 0.15) is 34.5 Å². The van der Waals surface area contributed by atoms with Crippen LogP contribution in [0.2, 0.25) is 15.1 Å². The monoisotopic (exact) mass is 1570 g/mol. The van der Waals surface area contributed by atoms with Gasteiger partial charge in [0.2, 0.25) is 0 Å². The number of carbonyl (C=O) groups is 6. The van der Waals surface area contributed by atoms with Crippen LogP contribution < -0.4 is 0 Å². The summed E-state index contributed by atoms with van der Waals surface area (Å²) in [5.41, 5.74) is 11.4. The average Bonchev–Trinajstić information content (AvgIpc) is 1.64. The number of hydrogen-bond acceptors (Lipinski definition) is 18. The van der Waals surface area contributed by atoms with E-state index in [2.05, 4.69) is 48.8 Å². The molecule has 0 spiro atoms. The SMILES string of the molecule is CC(=O)c1csc(-c2ccc(Br)cc2)c1O.CC(=O)c1csc(-c2ccc(C(C)(C)C)cc2)c1O.CC(=O)c1csc(-c2ccc(C)cc2)c1O.CC(=O)c1csc(-c2ccc(C)cc2)c1O.CC(=O)c1csc(-c2ccc(Cl)c(Cl)c2)c1O.CC(=O)c1csc(-c2ccc(Cl)cc2)c1O. The zero-order chi connectivity index (χ0) is 73.6. The van der Waals surface area contributed by atoms with Crippen LogP contribution in [0.4, 0.5) is 0 Å². The van der Waals surface area contributed by atoms with Crippen LogP contribution in [0.15, 0.2) is 176 Å². The van der Waals surface area contributed by atoms with Crippen molar-refractivity contribution in [3.63, 3.8) is 0 Å². The van der Waals surface area contributed by atoms with E-state index < -0.39 is 0 Å². The highest BCUT2D eigenvalue weighted by atomic mass is 79.9. The van der Waals surface area contributed by atoms with Crippen LogP contribution in [0.25, 0.3) is 62.6 Å². The van der Waals surface area contributed by atoms with Crippen molar-refractivity contribution >= 4 is 153 Å². The molecule has 0 atom stereocenters. The molecule has 6 aromatic carbocycles. The molecule has 0 amide bonds. The Kier molecular flexibility index (Phi) is 27.9. The summed E-state index contributed by atoms with van der Waals surface area (Å²) in [5.74, 6) is -0.286. The Morgan fingerprint density at radius 1 is 0.320 bits per heavy atom. The number of hydrogen-bond donors (Lipinski definition) is 6. The van der Waals surface area contributed by atoms with Crippen LogP contribution in [0, 0.1) is 13.8 Å². The summed E-state index contributed by atoms with van der Waals surface area (Å²) < 4.78 is 0.985. The molecule has 6 aromatic heterocycles. The van der Waals surface area contributed by atoms with Gasteiger partial charge < -0.3 is 30.6 Å². The molecule has 22 heteroatoms. The van der Waals surface area contributed by atoms with Gasteiger partial charge in [-0.3, -0.25) is 28.8 Å². The Labute approximate surface area is 627 Å². The molecular weight excluding hydrogens is 1510 g/mol. The number of rotatable bonds is 12. The van der Waals surface area contributed by atoms with Crippen molar-refractivity contribution in [3.8, 4) is 97.1 Å². The molecule has 100 heavy (non-hydrogen) atoms. The fourth-order valence-corrected chi connectivity index (χ4v) is 15.9. The minimum absolute atomic E-state index is 0.000823. The molecule has 6 N–H and O–H groups in total. The predicted molar refractivity (Wildman–Crippen MR) is 419 cm³/mol. The van der Waals surface area contributed by atoms with E-state index >= 15 is 0 Å². The number of aryl methyl sites for hydroxylation is 2. The van der Waals surface area contributed by atoms with Crippen molar-refractivity contribution in [2.24, 2.45) is 0 Å². The Morgan fingerprint density at radius 3 is 0.770 bits per heavy atom. The van der Waals surface area contributed by atoms with Crippen molar-refractivity contribution in [1.29, 1.82) is 0 Å². The van der Waals surface area contributed by atoms with Crippen molar-refractivity contribution in [3.05, 3.63) is 241 Å². The second kappa shape index (κ2) is 35.3. The first-order valence-corrected chi connectivity index (χ1v) is 37.5. The van der Waals surface area contributed by atoms with Gasteiger partial charge in [0.25, 0.3) is 0 Å². The maximum absolute atomic E-state index is 11.3. The third-order valence-corrected chi connectivity index (χ3v) is 22.5. The molecule has 0 saturated heterocycles. The van der Waals surface area contributed by atoms with Crippen molar-refractivity contribution in [2.45, 2.75) is 81.6 Å². The van der Waals surface area contributed by atoms with E-state index in [1.165, 1.54) is 126 Å². The lowest BCUT2D eigenvalue weighted by Crippen LogP contribution is -2.10. The smallest absolute Gasteiger partial charge is 0.164 e. The third kappa shape index (κ3) is 20.2. The Bertz CT molecular complexity index is 4500. The summed E-state index contributed by atoms with van der Waals surface area (Å²) in [5, 5.41) is 71.2. The molecule has 12 nitrogen and oxygen atoms in total. The first kappa shape index (κ1) is 79.0. The molecule has 0 unspecified atom stereocenters. The average molecular weight is 1580 g/mol. The minimum Gasteiger partial charge on any atom is -0.506 e. The van der Waals surface area contributed by atoms with Crippen LogP contribution >= 0.6 is 119 Å². The number of thiophene rings is 6. The fourth-order valence-electron chi connectivity index (χ4n) is 9.21. The first-order valence-electron chi connectivity index (χ1n) is 30.3. The lowest BCUT2D eigenvalue weighted by molar-refractivity contribution is 0.100. The predicted octanol–water partition coefficient (Wildman–Crippen LogP) is 24.6. The van der Waals surface area contributed by atoms with E-state index in [4.69, 9.17) is 34.8 Å². The van der Waals surface area contributed by atoms with Gasteiger partial charge in [0.05, 0.1) is 72.7 Å². The van der Waals surface area contributed by atoms with E-state index in [1.54, 1.807) is 62.6 Å². The van der Waals surface area contributed by atoms with Crippen LogP contribution in [-0.4, -0.2) is 65.3 Å². The third-order valence-electron chi connectivity index (χ3n) is 14.9. The molecule has 12 rings (SSSR count). The molecule has 516 valence electrons. The molecule has 0 bridgehead atoms. The molecule has 6 heterocycles. The number of carbonyl (C=O) groups excluding carboxylic acids is 6. The standard InChI is InChI=1S/C16H18O2S.2C13H12O2S.C12H9BrO2S.C12H8Cl2O2S.C12H9ClO2S/c1-10(17)13-9-19-15(14(13)18)11-5-7-12(8-6-11)16(2,3)4;2*1-8-3-5-10(6-4-8)13-12(15)11(7-16-13)9(2)14;1-7(14)10-6-16-12(11(10)15)8-2-4-9(13)5-3-8;1-6(15)8-5-17-12(11(8)16)7-2-3-9(13)10(14)4-7;1-7(14)10-6-16-12(11(10)15)8-2-4-9(13)5-3-8/h5-9,18H,1-4H3;2*3-7,15H,1-2H3;2-6,15H,1H3;2-5,16H,1H3;2-6,15H,1H3. The Balaban J connectivity index is 0.000000169. The zero-order valence-corrected chi connectivity index (χ0v) is 64.6. The van der Waals surface area contributed by atoms with Crippen molar-refractivity contribution in [1.82, 2.24) is 0 Å². The summed E-state index contributed by atoms with van der Waals surface area (Å²) in [7, 11) is 0. The topological polar surface area (TPSA) is 224 Å². The van der Waals surface area contributed by atoms with Crippen LogP contribution in [-0.2, 0) is 5.41 Å². The lowest BCUT2D eigenvalue weighted by atomic mass is 9.86. The molecule has 0 radical (unpaired) electrons. The number of benzene rings is 6. The zero-order valence-electron chi connectivity index (χ0n) is 55.8. The number of Topliss-reactive ketones (excluding diaryl/α,β-unsaturated/α-hetero) is 6. The summed E-state index contributed by atoms with van der Waals surface area (Å²) in [6.07, 6.45) is 0. The van der Waals surface area contributed by atoms with Crippen LogP contribution in [0.1, 0.15) is 141 Å². The van der Waals surface area contributed by atoms with Gasteiger partial charge in [-0.15, -0.1) is 68.0 Å². The van der Waals surface area contributed by atoms with Gasteiger partial charge in [0.15, 0.2) is 34.7 Å². The normalized spacial score (nSPS) is 10.6. The second-order valence-corrected chi connectivity index (χ2v) is 30.9. The molecule has 0 aliphatic heterocycles. The van der Waals surface area contributed by atoms with E-state index in [1.807, 2.05) is 111 Å². The number of halogens is 4.